The highest BCUT2D eigenvalue weighted by Crippen LogP contribution is 2.29. The van der Waals surface area contributed by atoms with Crippen molar-refractivity contribution in [2.75, 3.05) is 20.8 Å². The molecule has 5 heteroatoms. The summed E-state index contributed by atoms with van der Waals surface area (Å²) >= 11 is 5.42. The minimum absolute atomic E-state index is 0.212. The molecule has 1 N–H and O–H groups in total. The summed E-state index contributed by atoms with van der Waals surface area (Å²) in [5.74, 6) is 0.797. The van der Waals surface area contributed by atoms with Gasteiger partial charge in [-0.15, -0.1) is 0 Å². The Bertz CT molecular complexity index is 613. The van der Waals surface area contributed by atoms with Crippen LogP contribution < -0.4 is 4.74 Å². The summed E-state index contributed by atoms with van der Waals surface area (Å²) in [6.45, 7) is 4.78. The van der Waals surface area contributed by atoms with Gasteiger partial charge < -0.3 is 19.0 Å². The normalized spacial score (nSPS) is 12.0. The third-order valence-electron chi connectivity index (χ3n) is 3.00. The van der Waals surface area contributed by atoms with Gasteiger partial charge in [-0.1, -0.05) is 6.07 Å². The average molecular weight is 266 g/mol. The van der Waals surface area contributed by atoms with E-state index in [0.717, 1.165) is 16.8 Å². The first-order chi connectivity index (χ1) is 8.51. The summed E-state index contributed by atoms with van der Waals surface area (Å²) in [5, 5.41) is 0. The Morgan fingerprint density at radius 2 is 2.06 bits per heavy atom. The minimum atomic E-state index is -0.212. The van der Waals surface area contributed by atoms with Gasteiger partial charge in [0.2, 0.25) is 0 Å². The van der Waals surface area contributed by atoms with Crippen LogP contribution in [-0.2, 0) is 10.3 Å². The standard InChI is InChI=1S/C13H18N2O2S/c1-13(2,8-16-3)15-9-6-5-7-10(17-4)11(9)14-12(15)18/h5-7H,8H2,1-4H3,(H,14,18). The number of ether oxygens (including phenoxy) is 2. The molecule has 0 unspecified atom stereocenters. The Hall–Kier alpha value is -1.33. The van der Waals surface area contributed by atoms with Crippen molar-refractivity contribution in [3.05, 3.63) is 23.0 Å². The molecule has 2 aromatic rings. The summed E-state index contributed by atoms with van der Waals surface area (Å²) in [7, 11) is 3.35. The van der Waals surface area contributed by atoms with Gasteiger partial charge >= 0.3 is 0 Å². The fourth-order valence-electron chi connectivity index (χ4n) is 2.29. The summed E-state index contributed by atoms with van der Waals surface area (Å²) in [5.41, 5.74) is 1.74. The number of hydrogen-bond donors (Lipinski definition) is 1. The van der Waals surface area contributed by atoms with Gasteiger partial charge in [-0.05, 0) is 38.2 Å². The van der Waals surface area contributed by atoms with E-state index in [0.29, 0.717) is 11.4 Å². The molecule has 0 atom stereocenters. The molecule has 4 nitrogen and oxygen atoms in total. The van der Waals surface area contributed by atoms with Crippen LogP contribution in [0.25, 0.3) is 11.0 Å². The van der Waals surface area contributed by atoms with E-state index in [-0.39, 0.29) is 5.54 Å². The lowest BCUT2D eigenvalue weighted by molar-refractivity contribution is 0.111. The van der Waals surface area contributed by atoms with E-state index in [1.165, 1.54) is 0 Å². The highest BCUT2D eigenvalue weighted by atomic mass is 32.1. The number of fused-ring (bicyclic) bond motifs is 1. The molecule has 0 radical (unpaired) electrons. The molecule has 0 spiro atoms. The number of benzene rings is 1. The molecule has 0 aliphatic heterocycles. The zero-order chi connectivity index (χ0) is 13.3. The molecule has 0 saturated heterocycles. The van der Waals surface area contributed by atoms with E-state index < -0.39 is 0 Å². The maximum absolute atomic E-state index is 5.42. The summed E-state index contributed by atoms with van der Waals surface area (Å²) in [6, 6.07) is 5.91. The molecule has 0 aliphatic carbocycles. The molecule has 2 rings (SSSR count). The molecular formula is C13H18N2O2S. The average Bonchev–Trinajstić information content (AvgIpc) is 2.65. The van der Waals surface area contributed by atoms with Crippen LogP contribution in [0.15, 0.2) is 18.2 Å². The van der Waals surface area contributed by atoms with Crippen molar-refractivity contribution >= 4 is 23.3 Å². The van der Waals surface area contributed by atoms with Crippen molar-refractivity contribution < 1.29 is 9.47 Å². The summed E-state index contributed by atoms with van der Waals surface area (Å²) in [6.07, 6.45) is 0. The predicted molar refractivity (Wildman–Crippen MR) is 74.9 cm³/mol. The first kappa shape index (κ1) is 13.1. The van der Waals surface area contributed by atoms with Gasteiger partial charge in [0.05, 0.1) is 24.8 Å². The highest BCUT2D eigenvalue weighted by Gasteiger charge is 2.24. The topological polar surface area (TPSA) is 39.2 Å². The van der Waals surface area contributed by atoms with Gasteiger partial charge in [-0.3, -0.25) is 0 Å². The zero-order valence-corrected chi connectivity index (χ0v) is 11.9. The zero-order valence-electron chi connectivity index (χ0n) is 11.1. The van der Waals surface area contributed by atoms with Crippen molar-refractivity contribution in [3.63, 3.8) is 0 Å². The molecule has 18 heavy (non-hydrogen) atoms. The molecule has 0 aliphatic rings. The van der Waals surface area contributed by atoms with Gasteiger partial charge in [-0.2, -0.15) is 0 Å². The summed E-state index contributed by atoms with van der Waals surface area (Å²) in [4.78, 5) is 3.21. The van der Waals surface area contributed by atoms with Gasteiger partial charge in [0.25, 0.3) is 0 Å². The predicted octanol–water partition coefficient (Wildman–Crippen LogP) is 3.09. The smallest absolute Gasteiger partial charge is 0.178 e. The van der Waals surface area contributed by atoms with Gasteiger partial charge in [0.15, 0.2) is 4.77 Å². The Morgan fingerprint density at radius 1 is 1.33 bits per heavy atom. The van der Waals surface area contributed by atoms with Crippen LogP contribution in [0.1, 0.15) is 13.8 Å². The van der Waals surface area contributed by atoms with Gasteiger partial charge in [0.1, 0.15) is 11.3 Å². The Kier molecular flexibility index (Phi) is 3.45. The fraction of sp³-hybridized carbons (Fsp3) is 0.462. The van der Waals surface area contributed by atoms with Crippen LogP contribution in [0.4, 0.5) is 0 Å². The fourth-order valence-corrected chi connectivity index (χ4v) is 2.74. The molecule has 0 fully saturated rings. The lowest BCUT2D eigenvalue weighted by Crippen LogP contribution is -2.31. The quantitative estimate of drug-likeness (QED) is 0.864. The largest absolute Gasteiger partial charge is 0.494 e. The van der Waals surface area contributed by atoms with Crippen LogP contribution in [0.3, 0.4) is 0 Å². The molecule has 98 valence electrons. The number of H-pyrrole nitrogens is 1. The van der Waals surface area contributed by atoms with E-state index in [2.05, 4.69) is 23.4 Å². The van der Waals surface area contributed by atoms with Crippen LogP contribution >= 0.6 is 12.2 Å². The monoisotopic (exact) mass is 266 g/mol. The molecule has 0 saturated carbocycles. The minimum Gasteiger partial charge on any atom is -0.494 e. The lowest BCUT2D eigenvalue weighted by atomic mass is 10.1. The van der Waals surface area contributed by atoms with Crippen LogP contribution in [0, 0.1) is 4.77 Å². The SMILES string of the molecule is COCC(C)(C)n1c(=S)[nH]c2c(OC)cccc21. The number of nitrogens with one attached hydrogen (secondary N) is 1. The van der Waals surface area contributed by atoms with E-state index >= 15 is 0 Å². The number of para-hydroxylation sites is 1. The van der Waals surface area contributed by atoms with E-state index in [9.17, 15) is 0 Å². The Morgan fingerprint density at radius 3 is 2.67 bits per heavy atom. The maximum Gasteiger partial charge on any atom is 0.178 e. The number of nitrogens with zero attached hydrogens (tertiary/aromatic N) is 1. The van der Waals surface area contributed by atoms with E-state index in [4.69, 9.17) is 21.7 Å². The maximum atomic E-state index is 5.42. The van der Waals surface area contributed by atoms with Crippen molar-refractivity contribution in [1.29, 1.82) is 0 Å². The number of aromatic amines is 1. The number of aromatic nitrogens is 2. The second kappa shape index (κ2) is 4.74. The van der Waals surface area contributed by atoms with Crippen LogP contribution in [0.2, 0.25) is 0 Å². The second-order valence-corrected chi connectivity index (χ2v) is 5.25. The Balaban J connectivity index is 2.72. The lowest BCUT2D eigenvalue weighted by Gasteiger charge is -2.26. The van der Waals surface area contributed by atoms with Crippen molar-refractivity contribution in [2.45, 2.75) is 19.4 Å². The van der Waals surface area contributed by atoms with E-state index in [1.54, 1.807) is 14.2 Å². The van der Waals surface area contributed by atoms with Gasteiger partial charge in [0, 0.05) is 7.11 Å². The molecular weight excluding hydrogens is 248 g/mol. The first-order valence-electron chi connectivity index (χ1n) is 5.78. The first-order valence-corrected chi connectivity index (χ1v) is 6.19. The summed E-state index contributed by atoms with van der Waals surface area (Å²) < 4.78 is 13.4. The van der Waals surface area contributed by atoms with Crippen molar-refractivity contribution in [1.82, 2.24) is 9.55 Å². The van der Waals surface area contributed by atoms with Crippen LogP contribution in [-0.4, -0.2) is 30.4 Å². The number of hydrogen-bond acceptors (Lipinski definition) is 3. The third-order valence-corrected chi connectivity index (χ3v) is 3.29. The molecule has 1 aromatic heterocycles. The van der Waals surface area contributed by atoms with Crippen molar-refractivity contribution in [3.8, 4) is 5.75 Å². The molecule has 0 amide bonds. The molecule has 0 bridgehead atoms. The van der Waals surface area contributed by atoms with Gasteiger partial charge in [-0.25, -0.2) is 0 Å². The highest BCUT2D eigenvalue weighted by molar-refractivity contribution is 7.71. The number of imidazole rings is 1. The second-order valence-electron chi connectivity index (χ2n) is 4.87. The third kappa shape index (κ3) is 2.04. The molecule has 1 aromatic carbocycles. The number of rotatable bonds is 4. The van der Waals surface area contributed by atoms with E-state index in [1.807, 2.05) is 18.2 Å². The van der Waals surface area contributed by atoms with Crippen molar-refractivity contribution in [2.24, 2.45) is 0 Å². The Labute approximate surface area is 112 Å². The molecule has 1 heterocycles. The van der Waals surface area contributed by atoms with Crippen LogP contribution in [0.5, 0.6) is 5.75 Å². The number of methoxy groups -OCH3 is 2.